The molecular formula is C10H16ClNO2. The Kier molecular flexibility index (Phi) is 7.11. The summed E-state index contributed by atoms with van der Waals surface area (Å²) in [5, 5.41) is -0.756. The summed E-state index contributed by atoms with van der Waals surface area (Å²) >= 11 is 5.12. The third-order valence-corrected chi connectivity index (χ3v) is 2.08. The molecule has 0 aromatic carbocycles. The minimum Gasteiger partial charge on any atom is -0.269 e. The fourth-order valence-electron chi connectivity index (χ4n) is 0.895. The monoisotopic (exact) mass is 217 g/mol. The minimum atomic E-state index is -0.756. The molecule has 0 aromatic rings. The topological polar surface area (TPSA) is 37.4 Å². The summed E-state index contributed by atoms with van der Waals surface area (Å²) in [6.07, 6.45) is 7.40. The van der Waals surface area contributed by atoms with Crippen LogP contribution in [0.5, 0.6) is 0 Å². The molecule has 0 aliphatic heterocycles. The van der Waals surface area contributed by atoms with Crippen LogP contribution in [0.1, 0.15) is 32.6 Å². The highest BCUT2D eigenvalue weighted by atomic mass is 35.5. The van der Waals surface area contributed by atoms with E-state index in [9.17, 15) is 9.59 Å². The van der Waals surface area contributed by atoms with Crippen molar-refractivity contribution in [2.45, 2.75) is 32.6 Å². The number of imide groups is 1. The van der Waals surface area contributed by atoms with Crippen molar-refractivity contribution >= 4 is 22.9 Å². The second kappa shape index (κ2) is 7.56. The van der Waals surface area contributed by atoms with E-state index < -0.39 is 5.37 Å². The number of nitrogens with zero attached hydrogens (tertiary/aromatic N) is 1. The molecule has 0 spiro atoms. The predicted molar refractivity (Wildman–Crippen MR) is 57.3 cm³/mol. The van der Waals surface area contributed by atoms with Crippen molar-refractivity contribution in [3.05, 3.63) is 12.2 Å². The number of amides is 2. The molecule has 3 nitrogen and oxygen atoms in total. The number of likely N-dealkylation sites (N-methyl/N-ethyl adjacent to an activating group) is 1. The molecule has 0 heterocycles. The first kappa shape index (κ1) is 13.2. The van der Waals surface area contributed by atoms with Gasteiger partial charge in [0.1, 0.15) is 0 Å². The van der Waals surface area contributed by atoms with E-state index in [2.05, 4.69) is 6.92 Å². The molecule has 0 fully saturated rings. The van der Waals surface area contributed by atoms with E-state index >= 15 is 0 Å². The second-order valence-electron chi connectivity index (χ2n) is 3.05. The Labute approximate surface area is 89.7 Å². The summed E-state index contributed by atoms with van der Waals surface area (Å²) in [4.78, 5) is 22.6. The van der Waals surface area contributed by atoms with Gasteiger partial charge in [0, 0.05) is 7.05 Å². The number of unbranched alkanes of at least 4 members (excludes halogenated alkanes) is 3. The minimum absolute atomic E-state index is 0.374. The lowest BCUT2D eigenvalue weighted by molar-refractivity contribution is -0.121. The zero-order valence-electron chi connectivity index (χ0n) is 8.62. The fourth-order valence-corrected chi connectivity index (χ4v) is 0.978. The first-order valence-corrected chi connectivity index (χ1v) is 5.11. The second-order valence-corrected chi connectivity index (χ2v) is 3.37. The summed E-state index contributed by atoms with van der Waals surface area (Å²) in [7, 11) is 1.36. The molecule has 0 atom stereocenters. The zero-order valence-corrected chi connectivity index (χ0v) is 9.38. The Morgan fingerprint density at radius 1 is 1.36 bits per heavy atom. The molecule has 4 heteroatoms. The van der Waals surface area contributed by atoms with Gasteiger partial charge in [-0.2, -0.15) is 0 Å². The number of rotatable bonds is 5. The highest BCUT2D eigenvalue weighted by Crippen LogP contribution is 2.00. The van der Waals surface area contributed by atoms with Crippen molar-refractivity contribution in [2.75, 3.05) is 7.05 Å². The standard InChI is InChI=1S/C10H16ClNO2/c1-3-4-5-6-7-8-9(13)12(2)10(11)14/h7-8H,3-6H2,1-2H3/b8-7+. The van der Waals surface area contributed by atoms with Gasteiger partial charge in [-0.25, -0.2) is 0 Å². The van der Waals surface area contributed by atoms with Crippen LogP contribution in [-0.4, -0.2) is 23.2 Å². The van der Waals surface area contributed by atoms with Crippen molar-refractivity contribution in [1.82, 2.24) is 4.90 Å². The van der Waals surface area contributed by atoms with Crippen LogP contribution in [-0.2, 0) is 4.79 Å². The Hall–Kier alpha value is -0.830. The highest BCUT2D eigenvalue weighted by Gasteiger charge is 2.09. The maximum atomic E-state index is 11.2. The Balaban J connectivity index is 3.76. The number of hydrogen-bond acceptors (Lipinski definition) is 2. The lowest BCUT2D eigenvalue weighted by atomic mass is 10.2. The average Bonchev–Trinajstić information content (AvgIpc) is 2.16. The van der Waals surface area contributed by atoms with Crippen molar-refractivity contribution in [1.29, 1.82) is 0 Å². The third-order valence-electron chi connectivity index (χ3n) is 1.83. The van der Waals surface area contributed by atoms with Gasteiger partial charge >= 0.3 is 5.37 Å². The average molecular weight is 218 g/mol. The van der Waals surface area contributed by atoms with Gasteiger partial charge in [-0.1, -0.05) is 25.8 Å². The maximum Gasteiger partial charge on any atom is 0.323 e. The lowest BCUT2D eigenvalue weighted by Gasteiger charge is -2.06. The molecule has 0 rings (SSSR count). The Bertz CT molecular complexity index is 226. The van der Waals surface area contributed by atoms with E-state index in [1.54, 1.807) is 6.08 Å². The molecule has 0 unspecified atom stereocenters. The molecule has 0 aliphatic carbocycles. The van der Waals surface area contributed by atoms with Crippen LogP contribution >= 0.6 is 11.6 Å². The number of allylic oxidation sites excluding steroid dienone is 1. The molecule has 2 amide bonds. The van der Waals surface area contributed by atoms with Crippen LogP contribution in [0.4, 0.5) is 4.79 Å². The van der Waals surface area contributed by atoms with Gasteiger partial charge in [-0.15, -0.1) is 0 Å². The predicted octanol–water partition coefficient (Wildman–Crippen LogP) is 2.94. The van der Waals surface area contributed by atoms with E-state index in [-0.39, 0.29) is 5.91 Å². The molecule has 0 aliphatic rings. The van der Waals surface area contributed by atoms with E-state index in [1.165, 1.54) is 13.1 Å². The van der Waals surface area contributed by atoms with E-state index in [0.29, 0.717) is 0 Å². The first-order chi connectivity index (χ1) is 6.59. The van der Waals surface area contributed by atoms with E-state index in [1.807, 2.05) is 0 Å². The maximum absolute atomic E-state index is 11.2. The molecular weight excluding hydrogens is 202 g/mol. The van der Waals surface area contributed by atoms with Crippen molar-refractivity contribution in [2.24, 2.45) is 0 Å². The number of carbonyl (C=O) groups is 2. The van der Waals surface area contributed by atoms with Crippen LogP contribution in [0.15, 0.2) is 12.2 Å². The third kappa shape index (κ3) is 5.75. The Morgan fingerprint density at radius 3 is 2.50 bits per heavy atom. The smallest absolute Gasteiger partial charge is 0.269 e. The first-order valence-electron chi connectivity index (χ1n) is 4.73. The normalized spacial score (nSPS) is 10.5. The molecule has 0 saturated heterocycles. The summed E-state index contributed by atoms with van der Waals surface area (Å²) in [5.74, 6) is -0.374. The molecule has 0 N–H and O–H groups in total. The van der Waals surface area contributed by atoms with Crippen molar-refractivity contribution in [3.63, 3.8) is 0 Å². The zero-order chi connectivity index (χ0) is 11.0. The molecule has 0 radical (unpaired) electrons. The summed E-state index contributed by atoms with van der Waals surface area (Å²) in [6, 6.07) is 0. The fraction of sp³-hybridized carbons (Fsp3) is 0.600. The number of halogens is 1. The molecule has 14 heavy (non-hydrogen) atoms. The van der Waals surface area contributed by atoms with Gasteiger partial charge in [0.05, 0.1) is 0 Å². The molecule has 0 saturated carbocycles. The van der Waals surface area contributed by atoms with E-state index in [4.69, 9.17) is 11.6 Å². The molecule has 80 valence electrons. The SMILES string of the molecule is CCCCC/C=C/C(=O)N(C)C(=O)Cl. The van der Waals surface area contributed by atoms with Gasteiger partial charge in [-0.3, -0.25) is 14.5 Å². The quantitative estimate of drug-likeness (QED) is 0.307. The van der Waals surface area contributed by atoms with Crippen molar-refractivity contribution in [3.8, 4) is 0 Å². The van der Waals surface area contributed by atoms with Crippen molar-refractivity contribution < 1.29 is 9.59 Å². The van der Waals surface area contributed by atoms with Gasteiger partial charge in [0.25, 0.3) is 5.91 Å². The highest BCUT2D eigenvalue weighted by molar-refractivity contribution is 6.64. The van der Waals surface area contributed by atoms with Crippen LogP contribution in [0.25, 0.3) is 0 Å². The van der Waals surface area contributed by atoms with Gasteiger partial charge in [-0.05, 0) is 30.5 Å². The largest absolute Gasteiger partial charge is 0.323 e. The van der Waals surface area contributed by atoms with Crippen LogP contribution in [0.2, 0.25) is 0 Å². The number of carbonyl (C=O) groups excluding carboxylic acids is 2. The summed E-state index contributed by atoms with van der Waals surface area (Å²) in [5.41, 5.74) is 0. The summed E-state index contributed by atoms with van der Waals surface area (Å²) in [6.45, 7) is 2.12. The van der Waals surface area contributed by atoms with Gasteiger partial charge < -0.3 is 0 Å². The van der Waals surface area contributed by atoms with Crippen LogP contribution < -0.4 is 0 Å². The van der Waals surface area contributed by atoms with Crippen LogP contribution in [0, 0.1) is 0 Å². The van der Waals surface area contributed by atoms with Gasteiger partial charge in [0.2, 0.25) is 0 Å². The summed E-state index contributed by atoms with van der Waals surface area (Å²) < 4.78 is 0. The molecule has 0 bridgehead atoms. The van der Waals surface area contributed by atoms with E-state index in [0.717, 1.165) is 30.6 Å². The molecule has 0 aromatic heterocycles. The van der Waals surface area contributed by atoms with Gasteiger partial charge in [0.15, 0.2) is 0 Å². The van der Waals surface area contributed by atoms with Crippen LogP contribution in [0.3, 0.4) is 0 Å². The number of hydrogen-bond donors (Lipinski definition) is 0. The Morgan fingerprint density at radius 2 is 2.00 bits per heavy atom. The lowest BCUT2D eigenvalue weighted by Crippen LogP contribution is -2.26.